The lowest BCUT2D eigenvalue weighted by Gasteiger charge is -2.16. The summed E-state index contributed by atoms with van der Waals surface area (Å²) in [6.45, 7) is 0. The lowest BCUT2D eigenvalue weighted by Crippen LogP contribution is -1.97. The van der Waals surface area contributed by atoms with Crippen molar-refractivity contribution in [3.8, 4) is 61.3 Å². The monoisotopic (exact) mass is 765 g/mol. The van der Waals surface area contributed by atoms with Gasteiger partial charge >= 0.3 is 0 Å². The van der Waals surface area contributed by atoms with E-state index in [0.717, 1.165) is 105 Å². The molecule has 12 aromatic rings. The van der Waals surface area contributed by atoms with Gasteiger partial charge in [0.15, 0.2) is 0 Å². The molecule has 10 aromatic carbocycles. The van der Waals surface area contributed by atoms with Gasteiger partial charge in [-0.25, -0.2) is 0 Å². The second-order valence-corrected chi connectivity index (χ2v) is 15.4. The summed E-state index contributed by atoms with van der Waals surface area (Å²) < 4.78 is 6.38. The molecule has 0 bridgehead atoms. The fourth-order valence-electron chi connectivity index (χ4n) is 8.95. The number of fused-ring (bicyclic) bond motifs is 8. The smallest absolute Gasteiger partial charge is 0.136 e. The first-order chi connectivity index (χ1) is 29.7. The van der Waals surface area contributed by atoms with Crippen LogP contribution in [0.2, 0.25) is 0 Å². The number of aromatic nitrogens is 3. The van der Waals surface area contributed by atoms with Gasteiger partial charge < -0.3 is 4.42 Å². The van der Waals surface area contributed by atoms with Crippen LogP contribution >= 0.6 is 0 Å². The number of hydrogen-bond donors (Lipinski definition) is 0. The highest BCUT2D eigenvalue weighted by molar-refractivity contribution is 6.19. The maximum absolute atomic E-state index is 6.38. The minimum absolute atomic E-state index is 0.867. The quantitative estimate of drug-likeness (QED) is 0.158. The van der Waals surface area contributed by atoms with Gasteiger partial charge in [-0.05, 0) is 126 Å². The second-order valence-electron chi connectivity index (χ2n) is 15.4. The summed E-state index contributed by atoms with van der Waals surface area (Å²) >= 11 is 0. The van der Waals surface area contributed by atoms with E-state index in [2.05, 4.69) is 176 Å². The Kier molecular flexibility index (Phi) is 7.82. The van der Waals surface area contributed by atoms with Crippen LogP contribution < -0.4 is 0 Å². The molecule has 0 aliphatic rings. The van der Waals surface area contributed by atoms with E-state index in [1.807, 2.05) is 36.4 Å². The third kappa shape index (κ3) is 5.69. The van der Waals surface area contributed by atoms with E-state index < -0.39 is 0 Å². The second kappa shape index (κ2) is 13.8. The maximum atomic E-state index is 6.38. The average Bonchev–Trinajstić information content (AvgIpc) is 3.94. The van der Waals surface area contributed by atoms with Crippen molar-refractivity contribution in [1.29, 1.82) is 0 Å². The van der Waals surface area contributed by atoms with E-state index in [1.54, 1.807) is 4.80 Å². The fraction of sp³-hybridized carbons (Fsp3) is 0. The molecular weight excluding hydrogens is 731 g/mol. The first-order valence-corrected chi connectivity index (χ1v) is 20.3. The molecule has 0 saturated carbocycles. The van der Waals surface area contributed by atoms with E-state index in [-0.39, 0.29) is 0 Å². The molecule has 280 valence electrons. The Morgan fingerprint density at radius 3 is 1.72 bits per heavy atom. The highest BCUT2D eigenvalue weighted by Crippen LogP contribution is 2.43. The highest BCUT2D eigenvalue weighted by atomic mass is 16.3. The molecule has 60 heavy (non-hydrogen) atoms. The molecule has 4 heteroatoms. The minimum Gasteiger partial charge on any atom is -0.456 e. The molecule has 0 atom stereocenters. The number of nitrogens with zero attached hydrogens (tertiary/aromatic N) is 3. The topological polar surface area (TPSA) is 43.9 Å². The first kappa shape index (κ1) is 34.0. The third-order valence-corrected chi connectivity index (χ3v) is 11.9. The molecule has 0 fully saturated rings. The lowest BCUT2D eigenvalue weighted by atomic mass is 9.88. The zero-order chi connectivity index (χ0) is 39.6. The SMILES string of the molecule is c1ccc(-c2ccc(-c3cc(-c4ccccc4-c4ccc5ccc6ccc7nn(-c8ccccc8)nc7c6c5c4)cc(-c4cccc5oc6ccccc6c45)c3)cc2)cc1. The highest BCUT2D eigenvalue weighted by Gasteiger charge is 2.18. The largest absolute Gasteiger partial charge is 0.456 e. The Hall–Kier alpha value is -8.08. The van der Waals surface area contributed by atoms with Crippen molar-refractivity contribution in [3.05, 3.63) is 212 Å². The summed E-state index contributed by atoms with van der Waals surface area (Å²) in [7, 11) is 0. The number of para-hydroxylation sites is 2. The molecule has 0 aliphatic heterocycles. The van der Waals surface area contributed by atoms with Crippen LogP contribution in [0.15, 0.2) is 217 Å². The summed E-state index contributed by atoms with van der Waals surface area (Å²) in [4.78, 5) is 1.74. The summed E-state index contributed by atoms with van der Waals surface area (Å²) in [6.07, 6.45) is 0. The van der Waals surface area contributed by atoms with Crippen molar-refractivity contribution < 1.29 is 4.42 Å². The van der Waals surface area contributed by atoms with E-state index >= 15 is 0 Å². The molecule has 0 unspecified atom stereocenters. The molecule has 0 aliphatic carbocycles. The zero-order valence-corrected chi connectivity index (χ0v) is 32.5. The predicted octanol–water partition coefficient (Wildman–Crippen LogP) is 15.0. The van der Waals surface area contributed by atoms with Crippen molar-refractivity contribution in [2.75, 3.05) is 0 Å². The van der Waals surface area contributed by atoms with Crippen molar-refractivity contribution in [2.45, 2.75) is 0 Å². The molecule has 4 nitrogen and oxygen atoms in total. The Morgan fingerprint density at radius 2 is 0.900 bits per heavy atom. The van der Waals surface area contributed by atoms with Crippen LogP contribution in [-0.4, -0.2) is 15.0 Å². The summed E-state index contributed by atoms with van der Waals surface area (Å²) in [5.41, 5.74) is 16.0. The van der Waals surface area contributed by atoms with Gasteiger partial charge in [-0.3, -0.25) is 0 Å². The Morgan fingerprint density at radius 1 is 0.333 bits per heavy atom. The van der Waals surface area contributed by atoms with Gasteiger partial charge in [0.25, 0.3) is 0 Å². The van der Waals surface area contributed by atoms with Gasteiger partial charge in [-0.1, -0.05) is 158 Å². The van der Waals surface area contributed by atoms with Gasteiger partial charge in [-0.2, -0.15) is 4.80 Å². The van der Waals surface area contributed by atoms with Gasteiger partial charge in [0.1, 0.15) is 22.2 Å². The first-order valence-electron chi connectivity index (χ1n) is 20.3. The molecule has 2 heterocycles. The van der Waals surface area contributed by atoms with Crippen LogP contribution in [0.1, 0.15) is 0 Å². The summed E-state index contributed by atoms with van der Waals surface area (Å²) in [5.74, 6) is 0. The third-order valence-electron chi connectivity index (χ3n) is 11.9. The van der Waals surface area contributed by atoms with E-state index in [0.29, 0.717) is 0 Å². The lowest BCUT2D eigenvalue weighted by molar-refractivity contribution is 0.669. The molecule has 0 N–H and O–H groups in total. The van der Waals surface area contributed by atoms with Gasteiger partial charge in [0.2, 0.25) is 0 Å². The van der Waals surface area contributed by atoms with Crippen molar-refractivity contribution in [3.63, 3.8) is 0 Å². The number of hydrogen-bond acceptors (Lipinski definition) is 3. The molecule has 12 rings (SSSR count). The van der Waals surface area contributed by atoms with Gasteiger partial charge in [0.05, 0.1) is 5.69 Å². The van der Waals surface area contributed by atoms with Crippen LogP contribution in [0.4, 0.5) is 0 Å². The van der Waals surface area contributed by atoms with E-state index in [9.17, 15) is 0 Å². The standard InChI is InChI=1S/C56H35N3O/c1-3-12-36(13-4-1)37-22-24-38(25-23-37)42-32-43(34-44(33-42)48-19-11-21-53-55(48)49-18-9-10-20-52(49)60-53)47-17-8-7-16-46(47)41-29-27-39-26-28-40-30-31-51-56(54(40)50(39)35-41)58-59(57-51)45-14-5-2-6-15-45/h1-35H. The molecule has 0 amide bonds. The van der Waals surface area contributed by atoms with Crippen LogP contribution in [0, 0.1) is 0 Å². The average molecular weight is 766 g/mol. The van der Waals surface area contributed by atoms with E-state index in [1.165, 1.54) is 11.1 Å². The number of rotatable bonds is 6. The Bertz CT molecular complexity index is 3580. The normalized spacial score (nSPS) is 11.7. The Balaban J connectivity index is 1.05. The zero-order valence-electron chi connectivity index (χ0n) is 32.5. The number of benzene rings is 10. The van der Waals surface area contributed by atoms with Crippen LogP contribution in [0.5, 0.6) is 0 Å². The van der Waals surface area contributed by atoms with Gasteiger partial charge in [-0.15, -0.1) is 10.2 Å². The molecule has 0 spiro atoms. The molecule has 0 radical (unpaired) electrons. The van der Waals surface area contributed by atoms with Crippen molar-refractivity contribution in [2.24, 2.45) is 0 Å². The fourth-order valence-corrected chi connectivity index (χ4v) is 8.95. The summed E-state index contributed by atoms with van der Waals surface area (Å²) in [5, 5.41) is 16.8. The van der Waals surface area contributed by atoms with Crippen LogP contribution in [0.3, 0.4) is 0 Å². The van der Waals surface area contributed by atoms with Crippen molar-refractivity contribution in [1.82, 2.24) is 15.0 Å². The predicted molar refractivity (Wildman–Crippen MR) is 248 cm³/mol. The van der Waals surface area contributed by atoms with Crippen LogP contribution in [0.25, 0.3) is 116 Å². The molecule has 0 saturated heterocycles. The summed E-state index contributed by atoms with van der Waals surface area (Å²) in [6, 6.07) is 75.6. The molecule has 2 aromatic heterocycles. The Labute approximate surface area is 346 Å². The minimum atomic E-state index is 0.867. The number of furan rings is 1. The maximum Gasteiger partial charge on any atom is 0.136 e. The van der Waals surface area contributed by atoms with Crippen molar-refractivity contribution >= 4 is 54.5 Å². The molecular formula is C56H35N3O. The van der Waals surface area contributed by atoms with E-state index in [4.69, 9.17) is 14.6 Å². The van der Waals surface area contributed by atoms with Gasteiger partial charge in [0, 0.05) is 16.2 Å². The van der Waals surface area contributed by atoms with Crippen LogP contribution in [-0.2, 0) is 0 Å².